The number of hydrogen-bond acceptors (Lipinski definition) is 3. The lowest BCUT2D eigenvalue weighted by molar-refractivity contribution is -0.131. The summed E-state index contributed by atoms with van der Waals surface area (Å²) in [5, 5.41) is 2.69. The van der Waals surface area contributed by atoms with Crippen molar-refractivity contribution in [1.82, 2.24) is 10.2 Å². The van der Waals surface area contributed by atoms with Gasteiger partial charge in [0.2, 0.25) is 5.91 Å². The summed E-state index contributed by atoms with van der Waals surface area (Å²) in [5.41, 5.74) is -0.192. The highest BCUT2D eigenvalue weighted by molar-refractivity contribution is 5.81. The van der Waals surface area contributed by atoms with Gasteiger partial charge in [0.1, 0.15) is 0 Å². The normalized spacial score (nSPS) is 21.1. The molecule has 16 heavy (non-hydrogen) atoms. The molecule has 0 aromatic rings. The number of nitrogens with one attached hydrogen (secondary N) is 1. The average molecular weight is 228 g/mol. The molecule has 1 aliphatic rings. The molecule has 0 bridgehead atoms. The summed E-state index contributed by atoms with van der Waals surface area (Å²) in [5.74, 6) is 0.0781. The molecule has 0 aromatic heterocycles. The predicted octanol–water partition coefficient (Wildman–Crippen LogP) is 1.13. The summed E-state index contributed by atoms with van der Waals surface area (Å²) >= 11 is 0. The van der Waals surface area contributed by atoms with E-state index in [4.69, 9.17) is 4.74 Å². The van der Waals surface area contributed by atoms with E-state index in [2.05, 4.69) is 5.32 Å². The van der Waals surface area contributed by atoms with Crippen molar-refractivity contribution in [3.8, 4) is 0 Å². The second kappa shape index (κ2) is 4.72. The zero-order valence-corrected chi connectivity index (χ0v) is 10.4. The highest BCUT2D eigenvalue weighted by Crippen LogP contribution is 2.21. The van der Waals surface area contributed by atoms with Gasteiger partial charge in [-0.25, -0.2) is 4.79 Å². The Balaban J connectivity index is 2.51. The van der Waals surface area contributed by atoms with E-state index < -0.39 is 6.09 Å². The fourth-order valence-electron chi connectivity index (χ4n) is 1.79. The maximum absolute atomic E-state index is 11.7. The van der Waals surface area contributed by atoms with E-state index in [1.54, 1.807) is 11.8 Å². The minimum absolute atomic E-state index is 0.0781. The standard InChI is InChI=1S/C11H20N2O3/c1-5-16-10(15)12-8-6-9(14)13(7-8)11(2,3)4/h8H,5-7H2,1-4H3,(H,12,15). The molecule has 2 amide bonds. The minimum atomic E-state index is -0.448. The summed E-state index contributed by atoms with van der Waals surface area (Å²) in [6.45, 7) is 8.60. The number of amides is 2. The lowest BCUT2D eigenvalue weighted by atomic mass is 10.1. The lowest BCUT2D eigenvalue weighted by Crippen LogP contribution is -2.44. The topological polar surface area (TPSA) is 58.6 Å². The van der Waals surface area contributed by atoms with Gasteiger partial charge in [-0.15, -0.1) is 0 Å². The monoisotopic (exact) mass is 228 g/mol. The van der Waals surface area contributed by atoms with Crippen LogP contribution in [-0.4, -0.2) is 41.6 Å². The molecule has 1 saturated heterocycles. The molecule has 92 valence electrons. The smallest absolute Gasteiger partial charge is 0.407 e. The first-order valence-corrected chi connectivity index (χ1v) is 5.58. The third kappa shape index (κ3) is 3.12. The van der Waals surface area contributed by atoms with Gasteiger partial charge in [-0.1, -0.05) is 0 Å². The van der Waals surface area contributed by atoms with Gasteiger partial charge in [-0.3, -0.25) is 4.79 Å². The van der Waals surface area contributed by atoms with Gasteiger partial charge in [0, 0.05) is 18.5 Å². The number of alkyl carbamates (subject to hydrolysis) is 1. The molecule has 1 unspecified atom stereocenters. The van der Waals surface area contributed by atoms with E-state index in [0.29, 0.717) is 19.6 Å². The number of likely N-dealkylation sites (tertiary alicyclic amines) is 1. The van der Waals surface area contributed by atoms with Crippen molar-refractivity contribution < 1.29 is 14.3 Å². The Hall–Kier alpha value is -1.26. The molecule has 0 aliphatic carbocycles. The molecule has 0 radical (unpaired) electrons. The van der Waals surface area contributed by atoms with Crippen molar-refractivity contribution in [3.05, 3.63) is 0 Å². The number of nitrogens with zero attached hydrogens (tertiary/aromatic N) is 1. The molecular weight excluding hydrogens is 208 g/mol. The van der Waals surface area contributed by atoms with Crippen LogP contribution in [0.4, 0.5) is 4.79 Å². The van der Waals surface area contributed by atoms with Gasteiger partial charge in [0.05, 0.1) is 12.6 Å². The number of carbonyl (C=O) groups is 2. The Morgan fingerprint density at radius 3 is 2.62 bits per heavy atom. The molecule has 1 rings (SSSR count). The van der Waals surface area contributed by atoms with Crippen molar-refractivity contribution in [2.75, 3.05) is 13.2 Å². The predicted molar refractivity (Wildman–Crippen MR) is 60.0 cm³/mol. The Morgan fingerprint density at radius 1 is 1.56 bits per heavy atom. The zero-order valence-electron chi connectivity index (χ0n) is 10.4. The Bertz CT molecular complexity index is 283. The van der Waals surface area contributed by atoms with Crippen LogP contribution in [0.2, 0.25) is 0 Å². The summed E-state index contributed by atoms with van der Waals surface area (Å²) in [7, 11) is 0. The van der Waals surface area contributed by atoms with E-state index in [1.165, 1.54) is 0 Å². The molecule has 1 atom stereocenters. The highest BCUT2D eigenvalue weighted by Gasteiger charge is 2.36. The molecule has 0 saturated carbocycles. The van der Waals surface area contributed by atoms with Crippen LogP contribution in [0.3, 0.4) is 0 Å². The van der Waals surface area contributed by atoms with E-state index in [0.717, 1.165) is 0 Å². The van der Waals surface area contributed by atoms with Crippen molar-refractivity contribution >= 4 is 12.0 Å². The number of hydrogen-bond donors (Lipinski definition) is 1. The number of carbonyl (C=O) groups excluding carboxylic acids is 2. The molecule has 5 nitrogen and oxygen atoms in total. The third-order valence-corrected chi connectivity index (χ3v) is 2.53. The quantitative estimate of drug-likeness (QED) is 0.770. The van der Waals surface area contributed by atoms with Gasteiger partial charge in [0.25, 0.3) is 0 Å². The van der Waals surface area contributed by atoms with Gasteiger partial charge in [-0.05, 0) is 27.7 Å². The Morgan fingerprint density at radius 2 is 2.19 bits per heavy atom. The van der Waals surface area contributed by atoms with E-state index in [9.17, 15) is 9.59 Å². The zero-order chi connectivity index (χ0) is 12.3. The van der Waals surface area contributed by atoms with Crippen LogP contribution in [-0.2, 0) is 9.53 Å². The molecule has 0 aromatic carbocycles. The van der Waals surface area contributed by atoms with Crippen LogP contribution in [0.25, 0.3) is 0 Å². The first kappa shape index (κ1) is 12.8. The third-order valence-electron chi connectivity index (χ3n) is 2.53. The van der Waals surface area contributed by atoms with Crippen molar-refractivity contribution in [1.29, 1.82) is 0 Å². The second-order valence-corrected chi connectivity index (χ2v) is 4.94. The van der Waals surface area contributed by atoms with Gasteiger partial charge in [-0.2, -0.15) is 0 Å². The number of rotatable bonds is 2. The average Bonchev–Trinajstić information content (AvgIpc) is 2.46. The van der Waals surface area contributed by atoms with E-state index in [-0.39, 0.29) is 17.5 Å². The largest absolute Gasteiger partial charge is 0.450 e. The van der Waals surface area contributed by atoms with Crippen LogP contribution < -0.4 is 5.32 Å². The molecular formula is C11H20N2O3. The fourth-order valence-corrected chi connectivity index (χ4v) is 1.79. The van der Waals surface area contributed by atoms with Crippen LogP contribution >= 0.6 is 0 Å². The van der Waals surface area contributed by atoms with Crippen molar-refractivity contribution in [2.45, 2.75) is 45.7 Å². The summed E-state index contributed by atoms with van der Waals surface area (Å²) in [4.78, 5) is 24.7. The fraction of sp³-hybridized carbons (Fsp3) is 0.818. The van der Waals surface area contributed by atoms with Crippen LogP contribution in [0.5, 0.6) is 0 Å². The highest BCUT2D eigenvalue weighted by atomic mass is 16.5. The Labute approximate surface area is 96.1 Å². The maximum atomic E-state index is 11.7. The first-order valence-electron chi connectivity index (χ1n) is 5.58. The molecule has 5 heteroatoms. The maximum Gasteiger partial charge on any atom is 0.407 e. The second-order valence-electron chi connectivity index (χ2n) is 4.94. The van der Waals surface area contributed by atoms with Crippen LogP contribution in [0.15, 0.2) is 0 Å². The van der Waals surface area contributed by atoms with Gasteiger partial charge in [0.15, 0.2) is 0 Å². The van der Waals surface area contributed by atoms with Gasteiger partial charge < -0.3 is 15.0 Å². The SMILES string of the molecule is CCOC(=O)NC1CC(=O)N(C(C)(C)C)C1. The summed E-state index contributed by atoms with van der Waals surface area (Å²) in [6.07, 6.45) is -0.0909. The summed E-state index contributed by atoms with van der Waals surface area (Å²) in [6, 6.07) is -0.134. The summed E-state index contributed by atoms with van der Waals surface area (Å²) < 4.78 is 4.78. The molecule has 1 fully saturated rings. The van der Waals surface area contributed by atoms with Crippen LogP contribution in [0, 0.1) is 0 Å². The van der Waals surface area contributed by atoms with Crippen molar-refractivity contribution in [3.63, 3.8) is 0 Å². The molecule has 1 aliphatic heterocycles. The van der Waals surface area contributed by atoms with E-state index >= 15 is 0 Å². The van der Waals surface area contributed by atoms with Crippen molar-refractivity contribution in [2.24, 2.45) is 0 Å². The molecule has 1 heterocycles. The minimum Gasteiger partial charge on any atom is -0.450 e. The van der Waals surface area contributed by atoms with Crippen LogP contribution in [0.1, 0.15) is 34.1 Å². The number of ether oxygens (including phenoxy) is 1. The first-order chi connectivity index (χ1) is 7.34. The molecule has 0 spiro atoms. The van der Waals surface area contributed by atoms with Gasteiger partial charge >= 0.3 is 6.09 Å². The lowest BCUT2D eigenvalue weighted by Gasteiger charge is -2.32. The Kier molecular flexibility index (Phi) is 3.78. The molecule has 1 N–H and O–H groups in total. The van der Waals surface area contributed by atoms with E-state index in [1.807, 2.05) is 20.8 Å².